The number of nitrogens with one attached hydrogen (secondary N) is 1. The molecule has 1 amide bonds. The average Bonchev–Trinajstić information content (AvgIpc) is 3.08. The molecular weight excluding hydrogens is 224 g/mol. The molecule has 1 aromatic carbocycles. The molecule has 0 radical (unpaired) electrons. The Morgan fingerprint density at radius 3 is 2.69 bits per heavy atom. The fourth-order valence-electron chi connectivity index (χ4n) is 1.68. The minimum absolute atomic E-state index is 0.0509. The van der Waals surface area contributed by atoms with E-state index in [1.54, 1.807) is 0 Å². The van der Waals surface area contributed by atoms with Gasteiger partial charge < -0.3 is 11.1 Å². The standard InChI is InChI=1S/C12H15ClN2O/c13-10-4-2-1-3-9(10)7-15-11(16)12(8-14)5-6-12/h1-4H,5-8,14H2,(H,15,16). The summed E-state index contributed by atoms with van der Waals surface area (Å²) in [7, 11) is 0. The van der Waals surface area contributed by atoms with Crippen LogP contribution in [0.3, 0.4) is 0 Å². The molecule has 3 nitrogen and oxygen atoms in total. The van der Waals surface area contributed by atoms with Gasteiger partial charge in [0.15, 0.2) is 0 Å². The second kappa shape index (κ2) is 4.44. The van der Waals surface area contributed by atoms with Crippen molar-refractivity contribution < 1.29 is 4.79 Å². The monoisotopic (exact) mass is 238 g/mol. The van der Waals surface area contributed by atoms with Crippen LogP contribution in [0, 0.1) is 5.41 Å². The molecule has 1 aromatic rings. The van der Waals surface area contributed by atoms with Crippen LogP contribution >= 0.6 is 11.6 Å². The van der Waals surface area contributed by atoms with E-state index >= 15 is 0 Å². The van der Waals surface area contributed by atoms with Gasteiger partial charge in [0.2, 0.25) is 5.91 Å². The number of benzene rings is 1. The molecule has 1 saturated carbocycles. The Balaban J connectivity index is 1.93. The highest BCUT2D eigenvalue weighted by Gasteiger charge is 2.48. The van der Waals surface area contributed by atoms with E-state index in [9.17, 15) is 4.79 Å². The van der Waals surface area contributed by atoms with Crippen LogP contribution in [-0.2, 0) is 11.3 Å². The minimum Gasteiger partial charge on any atom is -0.351 e. The highest BCUT2D eigenvalue weighted by molar-refractivity contribution is 6.31. The van der Waals surface area contributed by atoms with Crippen molar-refractivity contribution in [1.29, 1.82) is 0 Å². The molecule has 4 heteroatoms. The smallest absolute Gasteiger partial charge is 0.227 e. The van der Waals surface area contributed by atoms with Gasteiger partial charge in [0.05, 0.1) is 5.41 Å². The van der Waals surface area contributed by atoms with E-state index < -0.39 is 0 Å². The van der Waals surface area contributed by atoms with Crippen LogP contribution in [-0.4, -0.2) is 12.5 Å². The Kier molecular flexibility index (Phi) is 3.17. The van der Waals surface area contributed by atoms with Gasteiger partial charge in [-0.15, -0.1) is 0 Å². The first-order valence-corrected chi connectivity index (χ1v) is 5.77. The number of rotatable bonds is 4. The molecule has 0 heterocycles. The van der Waals surface area contributed by atoms with Crippen LogP contribution in [0.2, 0.25) is 5.02 Å². The van der Waals surface area contributed by atoms with E-state index in [4.69, 9.17) is 17.3 Å². The van der Waals surface area contributed by atoms with Crippen LogP contribution in [0.4, 0.5) is 0 Å². The van der Waals surface area contributed by atoms with Gasteiger partial charge in [-0.3, -0.25) is 4.79 Å². The van der Waals surface area contributed by atoms with Gasteiger partial charge in [-0.25, -0.2) is 0 Å². The quantitative estimate of drug-likeness (QED) is 0.839. The maximum atomic E-state index is 11.8. The van der Waals surface area contributed by atoms with Crippen molar-refractivity contribution in [2.45, 2.75) is 19.4 Å². The third kappa shape index (κ3) is 2.20. The highest BCUT2D eigenvalue weighted by atomic mass is 35.5. The Morgan fingerprint density at radius 1 is 1.44 bits per heavy atom. The number of nitrogens with two attached hydrogens (primary N) is 1. The lowest BCUT2D eigenvalue weighted by atomic mass is 10.1. The second-order valence-electron chi connectivity index (χ2n) is 4.26. The van der Waals surface area contributed by atoms with Crippen LogP contribution in [0.1, 0.15) is 18.4 Å². The predicted molar refractivity (Wildman–Crippen MR) is 64.0 cm³/mol. The van der Waals surface area contributed by atoms with Crippen molar-refractivity contribution in [3.63, 3.8) is 0 Å². The van der Waals surface area contributed by atoms with Crippen LogP contribution in [0.15, 0.2) is 24.3 Å². The Bertz CT molecular complexity index is 402. The summed E-state index contributed by atoms with van der Waals surface area (Å²) < 4.78 is 0. The lowest BCUT2D eigenvalue weighted by molar-refractivity contribution is -0.126. The van der Waals surface area contributed by atoms with E-state index in [1.165, 1.54) is 0 Å². The van der Waals surface area contributed by atoms with E-state index in [0.29, 0.717) is 18.1 Å². The number of halogens is 1. The minimum atomic E-state index is -0.290. The molecule has 1 fully saturated rings. The Hall–Kier alpha value is -1.06. The first-order chi connectivity index (χ1) is 7.68. The zero-order chi connectivity index (χ0) is 11.6. The molecule has 2 rings (SSSR count). The van der Waals surface area contributed by atoms with Crippen molar-refractivity contribution in [2.24, 2.45) is 11.1 Å². The molecule has 1 aliphatic carbocycles. The zero-order valence-electron chi connectivity index (χ0n) is 9.00. The Morgan fingerprint density at radius 2 is 2.12 bits per heavy atom. The third-order valence-corrected chi connectivity index (χ3v) is 3.49. The van der Waals surface area contributed by atoms with Crippen LogP contribution in [0.25, 0.3) is 0 Å². The van der Waals surface area contributed by atoms with Crippen molar-refractivity contribution in [3.05, 3.63) is 34.9 Å². The van der Waals surface area contributed by atoms with Crippen molar-refractivity contribution in [1.82, 2.24) is 5.32 Å². The molecule has 0 saturated heterocycles. The lowest BCUT2D eigenvalue weighted by Gasteiger charge is -2.13. The maximum Gasteiger partial charge on any atom is 0.227 e. The fraction of sp³-hybridized carbons (Fsp3) is 0.417. The zero-order valence-corrected chi connectivity index (χ0v) is 9.76. The normalized spacial score (nSPS) is 16.9. The summed E-state index contributed by atoms with van der Waals surface area (Å²) in [5.74, 6) is 0.0509. The summed E-state index contributed by atoms with van der Waals surface area (Å²) in [6.45, 7) is 0.904. The van der Waals surface area contributed by atoms with Crippen molar-refractivity contribution in [3.8, 4) is 0 Å². The van der Waals surface area contributed by atoms with Gasteiger partial charge in [0, 0.05) is 18.1 Å². The molecule has 0 aliphatic heterocycles. The molecule has 0 spiro atoms. The van der Waals surface area contributed by atoms with Gasteiger partial charge >= 0.3 is 0 Å². The van der Waals surface area contributed by atoms with Crippen molar-refractivity contribution >= 4 is 17.5 Å². The molecule has 0 aromatic heterocycles. The predicted octanol–water partition coefficient (Wildman–Crippen LogP) is 1.70. The third-order valence-electron chi connectivity index (χ3n) is 3.12. The fourth-order valence-corrected chi connectivity index (χ4v) is 1.88. The van der Waals surface area contributed by atoms with E-state index in [1.807, 2.05) is 24.3 Å². The van der Waals surface area contributed by atoms with E-state index in [-0.39, 0.29) is 11.3 Å². The SMILES string of the molecule is NCC1(C(=O)NCc2ccccc2Cl)CC1. The highest BCUT2D eigenvalue weighted by Crippen LogP contribution is 2.44. The van der Waals surface area contributed by atoms with Crippen molar-refractivity contribution in [2.75, 3.05) is 6.54 Å². The summed E-state index contributed by atoms with van der Waals surface area (Å²) >= 11 is 6.00. The van der Waals surface area contributed by atoms with Gasteiger partial charge in [-0.05, 0) is 24.5 Å². The summed E-state index contributed by atoms with van der Waals surface area (Å²) in [6.07, 6.45) is 1.80. The van der Waals surface area contributed by atoms with E-state index in [2.05, 4.69) is 5.32 Å². The number of hydrogen-bond donors (Lipinski definition) is 2. The van der Waals surface area contributed by atoms with Gasteiger partial charge in [0.25, 0.3) is 0 Å². The number of carbonyl (C=O) groups is 1. The molecule has 0 bridgehead atoms. The lowest BCUT2D eigenvalue weighted by Crippen LogP contribution is -2.36. The maximum absolute atomic E-state index is 11.8. The van der Waals surface area contributed by atoms with Crippen LogP contribution in [0.5, 0.6) is 0 Å². The topological polar surface area (TPSA) is 55.1 Å². The molecule has 16 heavy (non-hydrogen) atoms. The van der Waals surface area contributed by atoms with Gasteiger partial charge in [-0.1, -0.05) is 29.8 Å². The number of hydrogen-bond acceptors (Lipinski definition) is 2. The second-order valence-corrected chi connectivity index (χ2v) is 4.67. The van der Waals surface area contributed by atoms with Gasteiger partial charge in [0.1, 0.15) is 0 Å². The molecule has 0 unspecified atom stereocenters. The first-order valence-electron chi connectivity index (χ1n) is 5.40. The molecule has 3 N–H and O–H groups in total. The largest absolute Gasteiger partial charge is 0.351 e. The average molecular weight is 239 g/mol. The van der Waals surface area contributed by atoms with Gasteiger partial charge in [-0.2, -0.15) is 0 Å². The molecular formula is C12H15ClN2O. The summed E-state index contributed by atoms with van der Waals surface area (Å²) in [5.41, 5.74) is 6.23. The summed E-state index contributed by atoms with van der Waals surface area (Å²) in [5, 5.41) is 3.57. The summed E-state index contributed by atoms with van der Waals surface area (Å²) in [6, 6.07) is 7.50. The molecule has 0 atom stereocenters. The Labute approximate surface area is 100.0 Å². The molecule has 1 aliphatic rings. The van der Waals surface area contributed by atoms with E-state index in [0.717, 1.165) is 18.4 Å². The number of carbonyl (C=O) groups excluding carboxylic acids is 1. The van der Waals surface area contributed by atoms with Crippen LogP contribution < -0.4 is 11.1 Å². The first kappa shape index (κ1) is 11.4. The number of amides is 1. The molecule has 86 valence electrons. The summed E-state index contributed by atoms with van der Waals surface area (Å²) in [4.78, 5) is 11.8.